The van der Waals surface area contributed by atoms with Gasteiger partial charge in [0.1, 0.15) is 0 Å². The van der Waals surface area contributed by atoms with E-state index in [1.54, 1.807) is 6.92 Å². The molecule has 218 valence electrons. The molecule has 0 saturated heterocycles. The number of rotatable bonds is 9. The number of hydrogen-bond acceptors (Lipinski definition) is 4. The molecule has 0 aliphatic heterocycles. The molecule has 4 nitrogen and oxygen atoms in total. The SMILES string of the molecule is CC(=O)C[S+](C)C.O=S(=O)([O-])C(F)(F)C(F)(F)C(F)(F)C(F)(F)C(F)(F)C(F)(F)C(F)(F)C(F)(F)F. The Balaban J connectivity index is 0. The van der Waals surface area contributed by atoms with Crippen LogP contribution < -0.4 is 0 Å². The molecule has 36 heavy (non-hydrogen) atoms. The summed E-state index contributed by atoms with van der Waals surface area (Å²) in [6, 6.07) is 0. The van der Waals surface area contributed by atoms with Crippen LogP contribution in [-0.2, 0) is 25.8 Å². The standard InChI is InChI=1S/C8HF17O3S.C5H11OS/c9-1(10,3(13,14)5(17,18)7(21,22)23)2(11,12)4(15,16)6(19,20)8(24,25)29(26,27)28;1-5(6)4-7(2)3/h(H,26,27,28);4H2,1-3H3/q;+1/p-1. The van der Waals surface area contributed by atoms with Gasteiger partial charge in [-0.2, -0.15) is 74.6 Å². The van der Waals surface area contributed by atoms with Crippen LogP contribution in [0.1, 0.15) is 6.92 Å². The fourth-order valence-electron chi connectivity index (χ4n) is 1.71. The van der Waals surface area contributed by atoms with Crippen LogP contribution in [0.4, 0.5) is 74.6 Å². The number of Topliss-reactive ketones (excluding diaryl/α,β-unsaturated/α-hetero) is 1. The summed E-state index contributed by atoms with van der Waals surface area (Å²) in [7, 11) is -7.84. The molecule has 0 heterocycles. The first-order valence-electron chi connectivity index (χ1n) is 7.83. The maximum Gasteiger partial charge on any atom is 0.460 e. The first kappa shape index (κ1) is 36.9. The Morgan fingerprint density at radius 1 is 0.611 bits per heavy atom. The molecule has 0 N–H and O–H groups in total. The van der Waals surface area contributed by atoms with Crippen LogP contribution in [-0.4, -0.2) is 84.0 Å². The van der Waals surface area contributed by atoms with E-state index in [-0.39, 0.29) is 0 Å². The van der Waals surface area contributed by atoms with E-state index in [4.69, 9.17) is 0 Å². The van der Waals surface area contributed by atoms with Crippen LogP contribution in [0.2, 0.25) is 0 Å². The van der Waals surface area contributed by atoms with Crippen LogP contribution in [0.3, 0.4) is 0 Å². The monoisotopic (exact) mass is 618 g/mol. The molecule has 0 atom stereocenters. The maximum absolute atomic E-state index is 13.0. The summed E-state index contributed by atoms with van der Waals surface area (Å²) >= 11 is 0. The summed E-state index contributed by atoms with van der Waals surface area (Å²) in [5.74, 6) is -51.1. The Bertz CT molecular complexity index is 893. The number of carbonyl (C=O) groups is 1. The predicted molar refractivity (Wildman–Crippen MR) is 85.1 cm³/mol. The first-order chi connectivity index (χ1) is 15.1. The van der Waals surface area contributed by atoms with Gasteiger partial charge in [-0.05, 0) is 17.8 Å². The van der Waals surface area contributed by atoms with E-state index < -0.39 is 57.1 Å². The van der Waals surface area contributed by atoms with Crippen molar-refractivity contribution in [3.63, 3.8) is 0 Å². The molecule has 0 unspecified atom stereocenters. The number of alkyl halides is 17. The Kier molecular flexibility index (Phi) is 10.4. The topological polar surface area (TPSA) is 74.3 Å². The molecule has 0 aliphatic carbocycles. The lowest BCUT2D eigenvalue weighted by Crippen LogP contribution is -2.75. The second kappa shape index (κ2) is 10.1. The van der Waals surface area contributed by atoms with Crippen LogP contribution in [0.15, 0.2) is 0 Å². The van der Waals surface area contributed by atoms with Gasteiger partial charge in [-0.25, -0.2) is 8.42 Å². The van der Waals surface area contributed by atoms with Gasteiger partial charge in [0, 0.05) is 0 Å². The van der Waals surface area contributed by atoms with E-state index in [2.05, 4.69) is 12.5 Å². The predicted octanol–water partition coefficient (Wildman–Crippen LogP) is 4.95. The van der Waals surface area contributed by atoms with E-state index >= 15 is 0 Å². The van der Waals surface area contributed by atoms with Gasteiger partial charge in [-0.3, -0.25) is 4.79 Å². The smallest absolute Gasteiger partial charge is 0.460 e. The molecular weight excluding hydrogens is 607 g/mol. The van der Waals surface area contributed by atoms with Gasteiger partial charge in [0.15, 0.2) is 21.7 Å². The van der Waals surface area contributed by atoms with Crippen molar-refractivity contribution in [2.45, 2.75) is 53.9 Å². The first-order valence-corrected chi connectivity index (χ1v) is 11.4. The van der Waals surface area contributed by atoms with E-state index in [1.165, 1.54) is 0 Å². The Morgan fingerprint density at radius 3 is 1.03 bits per heavy atom. The fourth-order valence-corrected chi connectivity index (χ4v) is 2.97. The Morgan fingerprint density at radius 2 is 0.861 bits per heavy atom. The molecule has 23 heteroatoms. The maximum atomic E-state index is 13.0. The van der Waals surface area contributed by atoms with Crippen LogP contribution >= 0.6 is 0 Å². The zero-order chi connectivity index (χ0) is 30.4. The number of carbonyl (C=O) groups excluding carboxylic acids is 1. The molecule has 0 rings (SSSR count). The van der Waals surface area contributed by atoms with Crippen LogP contribution in [0, 0.1) is 0 Å². The van der Waals surface area contributed by atoms with Gasteiger partial charge in [0.05, 0.1) is 12.5 Å². The zero-order valence-electron chi connectivity index (χ0n) is 17.1. The fraction of sp³-hybridized carbons (Fsp3) is 0.923. The Hall–Kier alpha value is -1.26. The van der Waals surface area contributed by atoms with Gasteiger partial charge in [-0.15, -0.1) is 0 Å². The summed E-state index contributed by atoms with van der Waals surface area (Å²) in [6.07, 6.45) is -3.75. The lowest BCUT2D eigenvalue weighted by molar-refractivity contribution is -0.458. The second-order valence-electron chi connectivity index (χ2n) is 6.75. The lowest BCUT2D eigenvalue weighted by Gasteiger charge is -2.42. The summed E-state index contributed by atoms with van der Waals surface area (Å²) in [6.45, 7) is 1.63. The highest BCUT2D eigenvalue weighted by molar-refractivity contribution is 7.96. The number of ketones is 1. The molecule has 0 spiro atoms. The molecule has 0 radical (unpaired) electrons. The second-order valence-corrected chi connectivity index (χ2v) is 10.4. The van der Waals surface area contributed by atoms with Crippen molar-refractivity contribution in [3.05, 3.63) is 0 Å². The molecule has 0 fully saturated rings. The van der Waals surface area contributed by atoms with Crippen molar-refractivity contribution in [3.8, 4) is 0 Å². The lowest BCUT2D eigenvalue weighted by atomic mass is 9.91. The summed E-state index contributed by atoms with van der Waals surface area (Å²) in [5.41, 5.74) is 0. The molecule has 0 aromatic heterocycles. The highest BCUT2D eigenvalue weighted by Crippen LogP contribution is 2.64. The van der Waals surface area contributed by atoms with Crippen molar-refractivity contribution in [2.24, 2.45) is 0 Å². The number of hydrogen-bond donors (Lipinski definition) is 0. The summed E-state index contributed by atoms with van der Waals surface area (Å²) in [4.78, 5) is 10.3. The van der Waals surface area contributed by atoms with Gasteiger partial charge in [0.25, 0.3) is 0 Å². The average Bonchev–Trinajstić information content (AvgIpc) is 2.57. The minimum Gasteiger partial charge on any atom is -0.743 e. The zero-order valence-corrected chi connectivity index (χ0v) is 18.7. The quantitative estimate of drug-likeness (QED) is 0.208. The minimum atomic E-state index is -8.92. The average molecular weight is 618 g/mol. The van der Waals surface area contributed by atoms with Crippen molar-refractivity contribution < 1.29 is 92.4 Å². The van der Waals surface area contributed by atoms with Crippen LogP contribution in [0.25, 0.3) is 0 Å². The minimum absolute atomic E-state index is 0.299. The third-order valence-electron chi connectivity index (χ3n) is 3.50. The van der Waals surface area contributed by atoms with E-state index in [0.717, 1.165) is 5.75 Å². The molecule has 0 aromatic rings. The highest BCUT2D eigenvalue weighted by Gasteiger charge is 2.95. The molecule has 0 saturated carbocycles. The summed E-state index contributed by atoms with van der Waals surface area (Å²) in [5, 5.41) is -7.95. The Labute approximate surface area is 192 Å². The van der Waals surface area contributed by atoms with Crippen molar-refractivity contribution >= 4 is 26.8 Å². The van der Waals surface area contributed by atoms with E-state index in [9.17, 15) is 92.4 Å². The van der Waals surface area contributed by atoms with Gasteiger partial charge in [0.2, 0.25) is 0 Å². The van der Waals surface area contributed by atoms with E-state index in [0.29, 0.717) is 16.7 Å². The molecule has 0 aromatic carbocycles. The highest BCUT2D eigenvalue weighted by atomic mass is 32.2. The third kappa shape index (κ3) is 5.90. The van der Waals surface area contributed by atoms with Crippen molar-refractivity contribution in [1.82, 2.24) is 0 Å². The molecule has 0 amide bonds. The molecular formula is C13H11F17O4S2. The normalized spacial score (nSPS) is 15.5. The van der Waals surface area contributed by atoms with Crippen molar-refractivity contribution in [1.29, 1.82) is 0 Å². The van der Waals surface area contributed by atoms with E-state index in [1.807, 2.05) is 0 Å². The summed E-state index contributed by atoms with van der Waals surface area (Å²) < 4.78 is 244. The number of halogens is 17. The largest absolute Gasteiger partial charge is 0.743 e. The van der Waals surface area contributed by atoms with Gasteiger partial charge >= 0.3 is 47.0 Å². The van der Waals surface area contributed by atoms with Gasteiger partial charge in [-0.1, -0.05) is 0 Å². The molecule has 0 bridgehead atoms. The third-order valence-corrected chi connectivity index (χ3v) is 5.37. The van der Waals surface area contributed by atoms with Gasteiger partial charge < -0.3 is 4.55 Å². The van der Waals surface area contributed by atoms with Crippen molar-refractivity contribution in [2.75, 3.05) is 18.3 Å². The van der Waals surface area contributed by atoms with Crippen LogP contribution in [0.5, 0.6) is 0 Å². The molecule has 0 aliphatic rings.